The van der Waals surface area contributed by atoms with Crippen molar-refractivity contribution in [3.8, 4) is 0 Å². The van der Waals surface area contributed by atoms with Crippen molar-refractivity contribution in [1.82, 2.24) is 9.29 Å². The third-order valence-electron chi connectivity index (χ3n) is 5.29. The second kappa shape index (κ2) is 8.18. The van der Waals surface area contributed by atoms with Crippen molar-refractivity contribution >= 4 is 38.8 Å². The molecule has 2 fully saturated rings. The minimum absolute atomic E-state index is 0.151. The number of rotatable bonds is 5. The van der Waals surface area contributed by atoms with Gasteiger partial charge in [0.1, 0.15) is 10.0 Å². The number of hydrogen-bond acceptors (Lipinski definition) is 6. The molecule has 4 heterocycles. The standard InChI is InChI=1S/C19H24N4O3S2/c24-19(21-16-7-8-17(20-13-16)22-9-1-2-10-22)15-5-3-11-23(14-15)28(25,26)18-6-4-12-27-18/h4,6-8,12-13,15H,1-3,5,9-11,14H2,(H,21,24)/t15-/m0/s1. The average Bonchev–Trinajstić information content (AvgIpc) is 3.43. The number of anilines is 2. The van der Waals surface area contributed by atoms with Gasteiger partial charge in [0.25, 0.3) is 10.0 Å². The molecule has 0 aliphatic carbocycles. The molecule has 2 aliphatic heterocycles. The molecule has 4 rings (SSSR count). The lowest BCUT2D eigenvalue weighted by Crippen LogP contribution is -2.43. The Morgan fingerprint density at radius 2 is 1.96 bits per heavy atom. The van der Waals surface area contributed by atoms with E-state index >= 15 is 0 Å². The van der Waals surface area contributed by atoms with Gasteiger partial charge in [0.05, 0.1) is 17.8 Å². The van der Waals surface area contributed by atoms with Crippen molar-refractivity contribution in [2.75, 3.05) is 36.4 Å². The second-order valence-electron chi connectivity index (χ2n) is 7.22. The topological polar surface area (TPSA) is 82.6 Å². The van der Waals surface area contributed by atoms with Crippen molar-refractivity contribution in [3.05, 3.63) is 35.8 Å². The third kappa shape index (κ3) is 4.06. The zero-order valence-corrected chi connectivity index (χ0v) is 17.2. The fourth-order valence-electron chi connectivity index (χ4n) is 3.75. The van der Waals surface area contributed by atoms with Gasteiger partial charge < -0.3 is 10.2 Å². The number of sulfonamides is 1. The van der Waals surface area contributed by atoms with E-state index in [2.05, 4.69) is 15.2 Å². The molecule has 1 amide bonds. The van der Waals surface area contributed by atoms with E-state index < -0.39 is 10.0 Å². The van der Waals surface area contributed by atoms with E-state index in [1.54, 1.807) is 23.7 Å². The lowest BCUT2D eigenvalue weighted by molar-refractivity contribution is -0.120. The highest BCUT2D eigenvalue weighted by Gasteiger charge is 2.33. The van der Waals surface area contributed by atoms with Crippen LogP contribution in [0.1, 0.15) is 25.7 Å². The lowest BCUT2D eigenvalue weighted by Gasteiger charge is -2.30. The molecule has 150 valence electrons. The first-order chi connectivity index (χ1) is 13.5. The highest BCUT2D eigenvalue weighted by molar-refractivity contribution is 7.91. The Hall–Kier alpha value is -1.97. The Morgan fingerprint density at radius 3 is 2.64 bits per heavy atom. The van der Waals surface area contributed by atoms with Crippen LogP contribution in [-0.4, -0.2) is 49.8 Å². The maximum Gasteiger partial charge on any atom is 0.252 e. The fourth-order valence-corrected chi connectivity index (χ4v) is 6.42. The van der Waals surface area contributed by atoms with E-state index in [9.17, 15) is 13.2 Å². The highest BCUT2D eigenvalue weighted by Crippen LogP contribution is 2.27. The molecule has 0 radical (unpaired) electrons. The first-order valence-corrected chi connectivity index (χ1v) is 11.9. The van der Waals surface area contributed by atoms with Crippen LogP contribution >= 0.6 is 11.3 Å². The number of piperidine rings is 1. The molecule has 2 aromatic rings. The van der Waals surface area contributed by atoms with Gasteiger partial charge in [0.2, 0.25) is 5.91 Å². The summed E-state index contributed by atoms with van der Waals surface area (Å²) in [5.74, 6) is 0.421. The van der Waals surface area contributed by atoms with Crippen LogP contribution in [0.15, 0.2) is 40.1 Å². The number of aromatic nitrogens is 1. The van der Waals surface area contributed by atoms with Crippen LogP contribution < -0.4 is 10.2 Å². The van der Waals surface area contributed by atoms with Crippen LogP contribution in [0.25, 0.3) is 0 Å². The molecule has 0 unspecified atom stereocenters. The van der Waals surface area contributed by atoms with Gasteiger partial charge in [0, 0.05) is 26.2 Å². The lowest BCUT2D eigenvalue weighted by atomic mass is 9.99. The van der Waals surface area contributed by atoms with Crippen molar-refractivity contribution in [2.45, 2.75) is 29.9 Å². The van der Waals surface area contributed by atoms with Crippen LogP contribution in [0.3, 0.4) is 0 Å². The van der Waals surface area contributed by atoms with E-state index in [4.69, 9.17) is 0 Å². The second-order valence-corrected chi connectivity index (χ2v) is 10.3. The van der Waals surface area contributed by atoms with Gasteiger partial charge in [-0.15, -0.1) is 11.3 Å². The summed E-state index contributed by atoms with van der Waals surface area (Å²) in [5.41, 5.74) is 0.645. The first-order valence-electron chi connectivity index (χ1n) is 9.59. The fraction of sp³-hybridized carbons (Fsp3) is 0.474. The van der Waals surface area contributed by atoms with E-state index in [0.29, 0.717) is 29.3 Å². The summed E-state index contributed by atoms with van der Waals surface area (Å²) in [7, 11) is -3.52. The van der Waals surface area contributed by atoms with Crippen molar-refractivity contribution in [3.63, 3.8) is 0 Å². The van der Waals surface area contributed by atoms with E-state index in [0.717, 1.165) is 18.9 Å². The predicted octanol–water partition coefficient (Wildman–Crippen LogP) is 2.78. The molecule has 0 bridgehead atoms. The molecule has 2 aliphatic rings. The molecular formula is C19H24N4O3S2. The quantitative estimate of drug-likeness (QED) is 0.804. The highest BCUT2D eigenvalue weighted by atomic mass is 32.2. The molecular weight excluding hydrogens is 396 g/mol. The number of carbonyl (C=O) groups is 1. The smallest absolute Gasteiger partial charge is 0.252 e. The average molecular weight is 421 g/mol. The van der Waals surface area contributed by atoms with Gasteiger partial charge in [-0.1, -0.05) is 6.07 Å². The molecule has 7 nitrogen and oxygen atoms in total. The summed E-state index contributed by atoms with van der Waals surface area (Å²) in [6.07, 6.45) is 5.41. The maximum absolute atomic E-state index is 12.7. The van der Waals surface area contributed by atoms with E-state index in [-0.39, 0.29) is 18.4 Å². The van der Waals surface area contributed by atoms with E-state index in [1.165, 1.54) is 28.5 Å². The summed E-state index contributed by atoms with van der Waals surface area (Å²) < 4.78 is 27.2. The van der Waals surface area contributed by atoms with Crippen molar-refractivity contribution < 1.29 is 13.2 Å². The van der Waals surface area contributed by atoms with Crippen LogP contribution in [0, 0.1) is 5.92 Å². The number of hydrogen-bond donors (Lipinski definition) is 1. The van der Waals surface area contributed by atoms with Gasteiger partial charge in [-0.25, -0.2) is 13.4 Å². The summed E-state index contributed by atoms with van der Waals surface area (Å²) in [6, 6.07) is 7.12. The Labute approximate surface area is 169 Å². The van der Waals surface area contributed by atoms with Crippen LogP contribution in [-0.2, 0) is 14.8 Å². The zero-order chi connectivity index (χ0) is 19.6. The van der Waals surface area contributed by atoms with Crippen LogP contribution in [0.4, 0.5) is 11.5 Å². The number of amides is 1. The molecule has 0 aromatic carbocycles. The normalized spacial score (nSPS) is 21.0. The number of carbonyl (C=O) groups excluding carboxylic acids is 1. The number of pyridine rings is 1. The first kappa shape index (κ1) is 19.4. The minimum atomic E-state index is -3.52. The Morgan fingerprint density at radius 1 is 1.14 bits per heavy atom. The van der Waals surface area contributed by atoms with E-state index in [1.807, 2.05) is 12.1 Å². The number of nitrogens with one attached hydrogen (secondary N) is 1. The van der Waals surface area contributed by atoms with Gasteiger partial charge in [-0.2, -0.15) is 4.31 Å². The Kier molecular flexibility index (Phi) is 5.65. The van der Waals surface area contributed by atoms with Gasteiger partial charge in [-0.3, -0.25) is 4.79 Å². The summed E-state index contributed by atoms with van der Waals surface area (Å²) in [6.45, 7) is 2.71. The number of nitrogens with zero attached hydrogens (tertiary/aromatic N) is 3. The van der Waals surface area contributed by atoms with Crippen molar-refractivity contribution in [1.29, 1.82) is 0 Å². The van der Waals surface area contributed by atoms with Crippen LogP contribution in [0.2, 0.25) is 0 Å². The molecule has 28 heavy (non-hydrogen) atoms. The summed E-state index contributed by atoms with van der Waals surface area (Å²) in [5, 5.41) is 4.65. The third-order valence-corrected chi connectivity index (χ3v) is 8.53. The minimum Gasteiger partial charge on any atom is -0.357 e. The summed E-state index contributed by atoms with van der Waals surface area (Å²) >= 11 is 1.21. The van der Waals surface area contributed by atoms with Gasteiger partial charge in [0.15, 0.2) is 0 Å². The molecule has 0 saturated carbocycles. The number of thiophene rings is 1. The van der Waals surface area contributed by atoms with Crippen molar-refractivity contribution in [2.24, 2.45) is 5.92 Å². The molecule has 2 aromatic heterocycles. The van der Waals surface area contributed by atoms with Crippen LogP contribution in [0.5, 0.6) is 0 Å². The SMILES string of the molecule is O=C(Nc1ccc(N2CCCC2)nc1)[C@H]1CCCN(S(=O)(=O)c2cccs2)C1. The largest absolute Gasteiger partial charge is 0.357 e. The zero-order valence-electron chi connectivity index (χ0n) is 15.6. The molecule has 2 saturated heterocycles. The molecule has 9 heteroatoms. The molecule has 0 spiro atoms. The van der Waals surface area contributed by atoms with Gasteiger partial charge in [-0.05, 0) is 49.3 Å². The monoisotopic (exact) mass is 420 g/mol. The molecule has 1 N–H and O–H groups in total. The predicted molar refractivity (Wildman–Crippen MR) is 110 cm³/mol. The Balaban J connectivity index is 1.39. The maximum atomic E-state index is 12.7. The summed E-state index contributed by atoms with van der Waals surface area (Å²) in [4.78, 5) is 19.4. The molecule has 1 atom stereocenters. The Bertz CT molecular complexity index is 907. The van der Waals surface area contributed by atoms with Gasteiger partial charge >= 0.3 is 0 Å².